The highest BCUT2D eigenvalue weighted by atomic mass is 32.1. The average molecular weight is 407 g/mol. The van der Waals surface area contributed by atoms with Crippen LogP contribution in [0.25, 0.3) is 5.76 Å². The number of aromatic nitrogens is 2. The molecule has 1 atom stereocenters. The van der Waals surface area contributed by atoms with Crippen LogP contribution >= 0.6 is 11.3 Å². The number of hydrogen-bond donors (Lipinski definition) is 1. The third kappa shape index (κ3) is 3.27. The number of aryl methyl sites for hydroxylation is 1. The van der Waals surface area contributed by atoms with Gasteiger partial charge in [-0.2, -0.15) is 0 Å². The number of amides is 1. The van der Waals surface area contributed by atoms with Crippen molar-refractivity contribution in [3.8, 4) is 5.75 Å². The Balaban J connectivity index is 1.91. The van der Waals surface area contributed by atoms with Crippen molar-refractivity contribution in [2.75, 3.05) is 12.0 Å². The zero-order valence-electron chi connectivity index (χ0n) is 15.7. The molecule has 1 saturated heterocycles. The second-order valence-corrected chi connectivity index (χ2v) is 7.34. The fraction of sp³-hybridized carbons (Fsp3) is 0.143. The predicted molar refractivity (Wildman–Crippen MR) is 109 cm³/mol. The van der Waals surface area contributed by atoms with E-state index in [4.69, 9.17) is 4.74 Å². The molecule has 146 valence electrons. The highest BCUT2D eigenvalue weighted by Crippen LogP contribution is 2.42. The van der Waals surface area contributed by atoms with Gasteiger partial charge in [0.15, 0.2) is 0 Å². The van der Waals surface area contributed by atoms with E-state index in [1.54, 1.807) is 43.5 Å². The Morgan fingerprint density at radius 2 is 1.79 bits per heavy atom. The first kappa shape index (κ1) is 18.8. The van der Waals surface area contributed by atoms with Gasteiger partial charge in [0, 0.05) is 5.56 Å². The van der Waals surface area contributed by atoms with Crippen LogP contribution in [0.5, 0.6) is 5.75 Å². The van der Waals surface area contributed by atoms with Gasteiger partial charge in [0.25, 0.3) is 5.78 Å². The van der Waals surface area contributed by atoms with E-state index < -0.39 is 17.7 Å². The molecule has 7 nitrogen and oxygen atoms in total. The minimum absolute atomic E-state index is 0.0132. The highest BCUT2D eigenvalue weighted by Gasteiger charge is 2.48. The number of carbonyl (C=O) groups is 2. The van der Waals surface area contributed by atoms with E-state index in [1.165, 1.54) is 10.4 Å². The lowest BCUT2D eigenvalue weighted by molar-refractivity contribution is -0.132. The van der Waals surface area contributed by atoms with Gasteiger partial charge in [0.05, 0.1) is 18.7 Å². The van der Waals surface area contributed by atoms with Crippen LogP contribution in [-0.4, -0.2) is 34.1 Å². The molecule has 0 aliphatic carbocycles. The summed E-state index contributed by atoms with van der Waals surface area (Å²) < 4.78 is 5.20. The molecule has 1 aliphatic rings. The fourth-order valence-corrected chi connectivity index (χ4v) is 3.86. The van der Waals surface area contributed by atoms with Crippen molar-refractivity contribution in [1.29, 1.82) is 0 Å². The summed E-state index contributed by atoms with van der Waals surface area (Å²) >= 11 is 1.15. The Kier molecular flexibility index (Phi) is 4.85. The quantitative estimate of drug-likeness (QED) is 0.404. The Hall–Kier alpha value is -3.52. The molecule has 2 heterocycles. The van der Waals surface area contributed by atoms with E-state index in [9.17, 15) is 14.7 Å². The Labute approximate surface area is 170 Å². The van der Waals surface area contributed by atoms with Crippen LogP contribution in [0.1, 0.15) is 22.7 Å². The summed E-state index contributed by atoms with van der Waals surface area (Å²) in [5.74, 6) is -1.10. The highest BCUT2D eigenvalue weighted by molar-refractivity contribution is 7.13. The van der Waals surface area contributed by atoms with Crippen molar-refractivity contribution >= 4 is 33.9 Å². The largest absolute Gasteiger partial charge is 0.507 e. The molecule has 3 aromatic rings. The number of ether oxygens (including phenoxy) is 1. The van der Waals surface area contributed by atoms with Crippen LogP contribution < -0.4 is 9.64 Å². The molecule has 1 aliphatic heterocycles. The molecule has 2 aromatic carbocycles. The first-order chi connectivity index (χ1) is 14.0. The molecular weight excluding hydrogens is 390 g/mol. The van der Waals surface area contributed by atoms with Gasteiger partial charge in [-0.05, 0) is 24.6 Å². The minimum atomic E-state index is -0.824. The summed E-state index contributed by atoms with van der Waals surface area (Å²) in [5, 5.41) is 19.0. The van der Waals surface area contributed by atoms with E-state index >= 15 is 0 Å². The number of rotatable bonds is 4. The molecule has 0 radical (unpaired) electrons. The van der Waals surface area contributed by atoms with Gasteiger partial charge in [0.2, 0.25) is 5.13 Å². The van der Waals surface area contributed by atoms with Gasteiger partial charge in [-0.15, -0.1) is 10.2 Å². The van der Waals surface area contributed by atoms with Crippen molar-refractivity contribution in [2.45, 2.75) is 13.0 Å². The summed E-state index contributed by atoms with van der Waals surface area (Å²) in [5.41, 5.74) is 3.62. The Morgan fingerprint density at radius 1 is 1.10 bits per heavy atom. The van der Waals surface area contributed by atoms with Crippen molar-refractivity contribution in [3.63, 3.8) is 0 Å². The SMILES string of the molecule is COc1ccc(C2/C(=C(/O)c3ccc(C)cc3)C(=O)C(=O)N2c2nncs2)cc1. The van der Waals surface area contributed by atoms with E-state index in [2.05, 4.69) is 10.2 Å². The third-order valence-corrected chi connectivity index (χ3v) is 5.44. The molecule has 1 N–H and O–H groups in total. The number of aliphatic hydroxyl groups is 1. The van der Waals surface area contributed by atoms with Crippen LogP contribution in [0.3, 0.4) is 0 Å². The fourth-order valence-electron chi connectivity index (χ4n) is 3.27. The number of aliphatic hydroxyl groups excluding tert-OH is 1. The molecule has 1 aromatic heterocycles. The number of methoxy groups -OCH3 is 1. The average Bonchev–Trinajstić information content (AvgIpc) is 3.35. The lowest BCUT2D eigenvalue weighted by Gasteiger charge is -2.22. The summed E-state index contributed by atoms with van der Waals surface area (Å²) in [6, 6.07) is 13.3. The van der Waals surface area contributed by atoms with Gasteiger partial charge < -0.3 is 9.84 Å². The molecular formula is C21H17N3O4S. The monoisotopic (exact) mass is 407 g/mol. The number of Topliss-reactive ketones (excluding diaryl/α,β-unsaturated/α-hetero) is 1. The number of anilines is 1. The van der Waals surface area contributed by atoms with Crippen LogP contribution in [0.4, 0.5) is 5.13 Å². The van der Waals surface area contributed by atoms with Crippen LogP contribution in [0.15, 0.2) is 59.6 Å². The summed E-state index contributed by atoms with van der Waals surface area (Å²) in [4.78, 5) is 27.1. The Morgan fingerprint density at radius 3 is 2.38 bits per heavy atom. The molecule has 0 saturated carbocycles. The number of benzene rings is 2. The summed E-state index contributed by atoms with van der Waals surface area (Å²) in [6.07, 6.45) is 0. The third-order valence-electron chi connectivity index (χ3n) is 4.76. The van der Waals surface area contributed by atoms with E-state index in [-0.39, 0.29) is 16.5 Å². The van der Waals surface area contributed by atoms with E-state index in [1.807, 2.05) is 19.1 Å². The number of ketones is 1. The van der Waals surface area contributed by atoms with Gasteiger partial charge in [-0.25, -0.2) is 0 Å². The maximum absolute atomic E-state index is 12.9. The van der Waals surface area contributed by atoms with Crippen molar-refractivity contribution in [2.24, 2.45) is 0 Å². The smallest absolute Gasteiger partial charge is 0.301 e. The van der Waals surface area contributed by atoms with E-state index in [0.717, 1.165) is 16.9 Å². The number of carbonyl (C=O) groups excluding carboxylic acids is 2. The van der Waals surface area contributed by atoms with Crippen molar-refractivity contribution in [1.82, 2.24) is 10.2 Å². The van der Waals surface area contributed by atoms with E-state index in [0.29, 0.717) is 16.9 Å². The molecule has 1 amide bonds. The topological polar surface area (TPSA) is 92.6 Å². The van der Waals surface area contributed by atoms with Crippen molar-refractivity contribution in [3.05, 3.63) is 76.3 Å². The molecule has 4 rings (SSSR count). The molecule has 1 fully saturated rings. The van der Waals surface area contributed by atoms with Crippen LogP contribution in [0, 0.1) is 6.92 Å². The zero-order chi connectivity index (χ0) is 20.5. The molecule has 8 heteroatoms. The van der Waals surface area contributed by atoms with Gasteiger partial charge in [0.1, 0.15) is 17.0 Å². The number of nitrogens with zero attached hydrogens (tertiary/aromatic N) is 3. The molecule has 1 unspecified atom stereocenters. The Bertz CT molecular complexity index is 1090. The molecule has 29 heavy (non-hydrogen) atoms. The first-order valence-corrected chi connectivity index (χ1v) is 9.67. The normalized spacial score (nSPS) is 18.3. The van der Waals surface area contributed by atoms with Crippen molar-refractivity contribution < 1.29 is 19.4 Å². The van der Waals surface area contributed by atoms with Gasteiger partial charge in [-0.3, -0.25) is 14.5 Å². The van der Waals surface area contributed by atoms with Gasteiger partial charge >= 0.3 is 5.91 Å². The molecule has 0 bridgehead atoms. The second kappa shape index (κ2) is 7.48. The maximum atomic E-state index is 12.9. The van der Waals surface area contributed by atoms with Gasteiger partial charge in [-0.1, -0.05) is 53.3 Å². The van der Waals surface area contributed by atoms with Crippen LogP contribution in [-0.2, 0) is 9.59 Å². The predicted octanol–water partition coefficient (Wildman–Crippen LogP) is 3.48. The number of hydrogen-bond acceptors (Lipinski definition) is 7. The first-order valence-electron chi connectivity index (χ1n) is 8.79. The minimum Gasteiger partial charge on any atom is -0.507 e. The zero-order valence-corrected chi connectivity index (χ0v) is 16.5. The lowest BCUT2D eigenvalue weighted by Crippen LogP contribution is -2.29. The lowest BCUT2D eigenvalue weighted by atomic mass is 9.95. The second-order valence-electron chi connectivity index (χ2n) is 6.53. The summed E-state index contributed by atoms with van der Waals surface area (Å²) in [7, 11) is 1.56. The summed E-state index contributed by atoms with van der Waals surface area (Å²) in [6.45, 7) is 1.93. The molecule has 0 spiro atoms. The van der Waals surface area contributed by atoms with Crippen LogP contribution in [0.2, 0.25) is 0 Å². The maximum Gasteiger partial charge on any atom is 0.301 e. The standard InChI is InChI=1S/C21H17N3O4S/c1-12-3-5-14(6-4-12)18(25)16-17(13-7-9-15(28-2)10-8-13)24(20(27)19(16)26)21-23-22-11-29-21/h3-11,17,25H,1-2H3/b18-16-.